The molecule has 1 aromatic carbocycles. The molecule has 0 fully saturated rings. The van der Waals surface area contributed by atoms with Crippen molar-refractivity contribution in [3.8, 4) is 11.5 Å². The molecule has 3 heterocycles. The van der Waals surface area contributed by atoms with Crippen molar-refractivity contribution in [1.82, 2.24) is 9.47 Å². The Labute approximate surface area is 169 Å². The van der Waals surface area contributed by atoms with Gasteiger partial charge in [0.2, 0.25) is 0 Å². The van der Waals surface area contributed by atoms with Crippen molar-refractivity contribution >= 4 is 17.2 Å². The first-order valence-electron chi connectivity index (χ1n) is 9.26. The lowest BCUT2D eigenvalue weighted by molar-refractivity contribution is 0.0687. The minimum atomic E-state index is -0.133. The maximum atomic E-state index is 13.5. The van der Waals surface area contributed by atoms with Crippen molar-refractivity contribution in [3.05, 3.63) is 69.2 Å². The van der Waals surface area contributed by atoms with E-state index in [9.17, 15) is 4.79 Å². The van der Waals surface area contributed by atoms with E-state index in [1.54, 1.807) is 25.6 Å². The Balaban J connectivity index is 1.83. The molecule has 0 aliphatic carbocycles. The third-order valence-corrected chi connectivity index (χ3v) is 6.46. The fourth-order valence-electron chi connectivity index (χ4n) is 3.89. The van der Waals surface area contributed by atoms with E-state index in [-0.39, 0.29) is 11.9 Å². The lowest BCUT2D eigenvalue weighted by Gasteiger charge is -2.37. The largest absolute Gasteiger partial charge is 0.493 e. The Morgan fingerprint density at radius 2 is 1.89 bits per heavy atom. The quantitative estimate of drug-likeness (QED) is 0.664. The van der Waals surface area contributed by atoms with Crippen LogP contribution >= 0.6 is 11.3 Å². The van der Waals surface area contributed by atoms with Crippen LogP contribution in [0, 0.1) is 6.92 Å². The lowest BCUT2D eigenvalue weighted by atomic mass is 9.90. The molecule has 0 spiro atoms. The zero-order valence-corrected chi connectivity index (χ0v) is 17.4. The number of methoxy groups -OCH3 is 2. The number of carbonyl (C=O) groups excluding carboxylic acids is 1. The highest BCUT2D eigenvalue weighted by Crippen LogP contribution is 2.42. The average Bonchev–Trinajstić information content (AvgIpc) is 3.36. The third-order valence-electron chi connectivity index (χ3n) is 5.54. The summed E-state index contributed by atoms with van der Waals surface area (Å²) < 4.78 is 13.0. The van der Waals surface area contributed by atoms with E-state index in [0.717, 1.165) is 28.3 Å². The van der Waals surface area contributed by atoms with Crippen LogP contribution in [0.4, 0.5) is 0 Å². The second kappa shape index (κ2) is 7.36. The van der Waals surface area contributed by atoms with Crippen molar-refractivity contribution in [1.29, 1.82) is 0 Å². The van der Waals surface area contributed by atoms with Gasteiger partial charge >= 0.3 is 0 Å². The Hall–Kier alpha value is -2.73. The topological polar surface area (TPSA) is 43.7 Å². The number of carbonyl (C=O) groups is 1. The Morgan fingerprint density at radius 1 is 1.14 bits per heavy atom. The molecule has 1 atom stereocenters. The number of nitrogens with zero attached hydrogens (tertiary/aromatic N) is 2. The van der Waals surface area contributed by atoms with Crippen LogP contribution in [-0.2, 0) is 13.5 Å². The molecule has 5 nitrogen and oxygen atoms in total. The summed E-state index contributed by atoms with van der Waals surface area (Å²) in [7, 11) is 5.23. The molecule has 0 N–H and O–H groups in total. The zero-order valence-electron chi connectivity index (χ0n) is 16.6. The molecular weight excluding hydrogens is 372 g/mol. The molecule has 0 bridgehead atoms. The summed E-state index contributed by atoms with van der Waals surface area (Å²) in [4.78, 5) is 16.6. The van der Waals surface area contributed by atoms with Crippen LogP contribution in [0.2, 0.25) is 0 Å². The van der Waals surface area contributed by atoms with Gasteiger partial charge in [-0.3, -0.25) is 4.79 Å². The maximum absolute atomic E-state index is 13.5. The monoisotopic (exact) mass is 396 g/mol. The SMILES string of the molecule is COc1cc2c(cc1OC)C(c1cccs1)N(C(=O)c1ccc(C)n1C)CC2. The number of hydrogen-bond donors (Lipinski definition) is 0. The number of rotatable bonds is 4. The second-order valence-electron chi connectivity index (χ2n) is 6.99. The number of thiophene rings is 1. The van der Waals surface area contributed by atoms with E-state index >= 15 is 0 Å². The summed E-state index contributed by atoms with van der Waals surface area (Å²) in [5.41, 5.74) is 4.08. The van der Waals surface area contributed by atoms with Crippen LogP contribution < -0.4 is 9.47 Å². The molecule has 146 valence electrons. The minimum absolute atomic E-state index is 0.0504. The van der Waals surface area contributed by atoms with E-state index in [2.05, 4.69) is 11.4 Å². The molecule has 1 aliphatic heterocycles. The lowest BCUT2D eigenvalue weighted by Crippen LogP contribution is -2.41. The summed E-state index contributed by atoms with van der Waals surface area (Å²) in [5, 5.41) is 2.06. The molecule has 1 aliphatic rings. The van der Waals surface area contributed by atoms with Gasteiger partial charge in [-0.1, -0.05) is 6.07 Å². The zero-order chi connectivity index (χ0) is 19.8. The Kier molecular flexibility index (Phi) is 4.89. The van der Waals surface area contributed by atoms with Crippen LogP contribution in [0.1, 0.15) is 38.2 Å². The van der Waals surface area contributed by atoms with Gasteiger partial charge in [0, 0.05) is 24.2 Å². The summed E-state index contributed by atoms with van der Waals surface area (Å²) in [6.45, 7) is 2.67. The maximum Gasteiger partial charge on any atom is 0.271 e. The fourth-order valence-corrected chi connectivity index (χ4v) is 4.75. The van der Waals surface area contributed by atoms with Gasteiger partial charge in [0.15, 0.2) is 11.5 Å². The summed E-state index contributed by atoms with van der Waals surface area (Å²) in [6.07, 6.45) is 0.784. The summed E-state index contributed by atoms with van der Waals surface area (Å²) in [6, 6.07) is 12.0. The molecule has 0 radical (unpaired) electrons. The number of hydrogen-bond acceptors (Lipinski definition) is 4. The average molecular weight is 397 g/mol. The van der Waals surface area contributed by atoms with E-state index < -0.39 is 0 Å². The predicted molar refractivity (Wildman–Crippen MR) is 111 cm³/mol. The molecular formula is C22H24N2O3S. The molecule has 28 heavy (non-hydrogen) atoms. The van der Waals surface area contributed by atoms with Crippen LogP contribution in [0.15, 0.2) is 41.8 Å². The smallest absolute Gasteiger partial charge is 0.271 e. The minimum Gasteiger partial charge on any atom is -0.493 e. The third kappa shape index (κ3) is 2.98. The van der Waals surface area contributed by atoms with Gasteiger partial charge < -0.3 is 18.9 Å². The first kappa shape index (κ1) is 18.6. The van der Waals surface area contributed by atoms with Crippen molar-refractivity contribution in [2.45, 2.75) is 19.4 Å². The van der Waals surface area contributed by atoms with Gasteiger partial charge in [0.1, 0.15) is 5.69 Å². The van der Waals surface area contributed by atoms with Crippen molar-refractivity contribution < 1.29 is 14.3 Å². The molecule has 0 saturated carbocycles. The number of ether oxygens (including phenoxy) is 2. The highest BCUT2D eigenvalue weighted by atomic mass is 32.1. The summed E-state index contributed by atoms with van der Waals surface area (Å²) >= 11 is 1.67. The second-order valence-corrected chi connectivity index (χ2v) is 7.97. The van der Waals surface area contributed by atoms with Gasteiger partial charge in [-0.25, -0.2) is 0 Å². The number of amides is 1. The molecule has 2 aromatic heterocycles. The number of benzene rings is 1. The van der Waals surface area contributed by atoms with Crippen LogP contribution in [0.25, 0.3) is 0 Å². The van der Waals surface area contributed by atoms with Gasteiger partial charge in [0.05, 0.1) is 20.3 Å². The molecule has 1 unspecified atom stereocenters. The standard InChI is InChI=1S/C22H24N2O3S/c1-14-7-8-17(23(14)2)22(25)24-10-9-15-12-18(26-3)19(27-4)13-16(15)21(24)20-6-5-11-28-20/h5-8,11-13,21H,9-10H2,1-4H3. The van der Waals surface area contributed by atoms with Crippen molar-refractivity contribution in [2.75, 3.05) is 20.8 Å². The van der Waals surface area contributed by atoms with Crippen LogP contribution in [0.3, 0.4) is 0 Å². The van der Waals surface area contributed by atoms with E-state index in [4.69, 9.17) is 9.47 Å². The normalized spacial score (nSPS) is 16.0. The molecule has 4 rings (SSSR count). The van der Waals surface area contributed by atoms with Gasteiger partial charge in [-0.2, -0.15) is 0 Å². The summed E-state index contributed by atoms with van der Waals surface area (Å²) in [5.74, 6) is 1.46. The number of fused-ring (bicyclic) bond motifs is 1. The molecule has 1 amide bonds. The van der Waals surface area contributed by atoms with Crippen molar-refractivity contribution in [3.63, 3.8) is 0 Å². The van der Waals surface area contributed by atoms with Crippen LogP contribution in [-0.4, -0.2) is 36.1 Å². The van der Waals surface area contributed by atoms with Gasteiger partial charge in [0.25, 0.3) is 5.91 Å². The highest BCUT2D eigenvalue weighted by Gasteiger charge is 2.35. The van der Waals surface area contributed by atoms with E-state index in [1.807, 2.05) is 53.8 Å². The van der Waals surface area contributed by atoms with E-state index in [0.29, 0.717) is 18.0 Å². The number of aryl methyl sites for hydroxylation is 1. The van der Waals surface area contributed by atoms with Crippen LogP contribution in [0.5, 0.6) is 11.5 Å². The Bertz CT molecular complexity index is 1010. The van der Waals surface area contributed by atoms with Gasteiger partial charge in [-0.05, 0) is 60.2 Å². The Morgan fingerprint density at radius 3 is 2.50 bits per heavy atom. The first-order valence-corrected chi connectivity index (χ1v) is 10.1. The first-order chi connectivity index (χ1) is 13.5. The molecule has 0 saturated heterocycles. The van der Waals surface area contributed by atoms with Crippen molar-refractivity contribution in [2.24, 2.45) is 7.05 Å². The molecule has 3 aromatic rings. The molecule has 6 heteroatoms. The number of aromatic nitrogens is 1. The highest BCUT2D eigenvalue weighted by molar-refractivity contribution is 7.10. The predicted octanol–water partition coefficient (Wildman–Crippen LogP) is 4.20. The van der Waals surface area contributed by atoms with Gasteiger partial charge in [-0.15, -0.1) is 11.3 Å². The van der Waals surface area contributed by atoms with E-state index in [1.165, 1.54) is 5.56 Å². The fraction of sp³-hybridized carbons (Fsp3) is 0.318.